The Kier molecular flexibility index (Phi) is 5.17. The summed E-state index contributed by atoms with van der Waals surface area (Å²) in [4.78, 5) is 23.9. The number of carbonyl (C=O) groups excluding carboxylic acids is 2. The molecule has 0 unspecified atom stereocenters. The standard InChI is InChI=1S/C19H16FNO5/c1-12(26-18(22)8-5-13-3-2-4-14(20)9-13)19(23)21-15-6-7-16-17(10-15)25-11-24-16/h2-10,12H,11H2,1H3,(H,21,23)/b8-5+/t12-/m0/s1. The molecule has 0 bridgehead atoms. The van der Waals surface area contributed by atoms with Gasteiger partial charge in [-0.05, 0) is 42.8 Å². The number of amides is 1. The molecule has 0 saturated carbocycles. The minimum Gasteiger partial charge on any atom is -0.454 e. The highest BCUT2D eigenvalue weighted by molar-refractivity contribution is 5.96. The number of nitrogens with one attached hydrogen (secondary N) is 1. The van der Waals surface area contributed by atoms with Crippen LogP contribution in [0.15, 0.2) is 48.5 Å². The zero-order valence-electron chi connectivity index (χ0n) is 13.9. The molecular formula is C19H16FNO5. The number of esters is 1. The first-order chi connectivity index (χ1) is 12.5. The van der Waals surface area contributed by atoms with Crippen molar-refractivity contribution in [3.8, 4) is 11.5 Å². The number of ether oxygens (including phenoxy) is 3. The first kappa shape index (κ1) is 17.5. The van der Waals surface area contributed by atoms with Gasteiger partial charge < -0.3 is 19.5 Å². The lowest BCUT2D eigenvalue weighted by Crippen LogP contribution is -2.29. The smallest absolute Gasteiger partial charge is 0.331 e. The van der Waals surface area contributed by atoms with Gasteiger partial charge >= 0.3 is 5.97 Å². The van der Waals surface area contributed by atoms with Gasteiger partial charge in [-0.3, -0.25) is 4.79 Å². The van der Waals surface area contributed by atoms with Crippen LogP contribution in [0.5, 0.6) is 11.5 Å². The molecule has 26 heavy (non-hydrogen) atoms. The van der Waals surface area contributed by atoms with Crippen molar-refractivity contribution in [1.29, 1.82) is 0 Å². The van der Waals surface area contributed by atoms with Gasteiger partial charge in [-0.1, -0.05) is 12.1 Å². The summed E-state index contributed by atoms with van der Waals surface area (Å²) < 4.78 is 28.5. The van der Waals surface area contributed by atoms with E-state index in [1.165, 1.54) is 31.2 Å². The predicted octanol–water partition coefficient (Wildman–Crippen LogP) is 3.14. The lowest BCUT2D eigenvalue weighted by atomic mass is 10.2. The van der Waals surface area contributed by atoms with E-state index in [0.29, 0.717) is 22.7 Å². The number of hydrogen-bond acceptors (Lipinski definition) is 5. The third-order valence-corrected chi connectivity index (χ3v) is 3.56. The molecule has 2 aromatic rings. The second-order valence-corrected chi connectivity index (χ2v) is 5.52. The van der Waals surface area contributed by atoms with E-state index in [4.69, 9.17) is 14.2 Å². The molecule has 0 spiro atoms. The third kappa shape index (κ3) is 4.38. The third-order valence-electron chi connectivity index (χ3n) is 3.56. The Morgan fingerprint density at radius 3 is 2.81 bits per heavy atom. The number of carbonyl (C=O) groups is 2. The normalized spacial score (nSPS) is 13.5. The van der Waals surface area contributed by atoms with Crippen LogP contribution in [0.4, 0.5) is 10.1 Å². The molecule has 7 heteroatoms. The summed E-state index contributed by atoms with van der Waals surface area (Å²) in [7, 11) is 0. The molecule has 0 aliphatic carbocycles. The summed E-state index contributed by atoms with van der Waals surface area (Å²) in [5.41, 5.74) is 1.01. The molecule has 1 amide bonds. The summed E-state index contributed by atoms with van der Waals surface area (Å²) in [6.07, 6.45) is 1.54. The first-order valence-electron chi connectivity index (χ1n) is 7.86. The van der Waals surface area contributed by atoms with Gasteiger partial charge in [-0.25, -0.2) is 9.18 Å². The van der Waals surface area contributed by atoms with E-state index < -0.39 is 23.8 Å². The van der Waals surface area contributed by atoms with Crippen LogP contribution in [0.1, 0.15) is 12.5 Å². The summed E-state index contributed by atoms with van der Waals surface area (Å²) in [6.45, 7) is 1.59. The molecular weight excluding hydrogens is 341 g/mol. The number of hydrogen-bond donors (Lipinski definition) is 1. The van der Waals surface area contributed by atoms with Crippen molar-refractivity contribution in [2.75, 3.05) is 12.1 Å². The zero-order valence-corrected chi connectivity index (χ0v) is 13.9. The maximum atomic E-state index is 13.1. The van der Waals surface area contributed by atoms with Crippen molar-refractivity contribution in [2.45, 2.75) is 13.0 Å². The second kappa shape index (κ2) is 7.69. The van der Waals surface area contributed by atoms with Crippen LogP contribution in [0.2, 0.25) is 0 Å². The lowest BCUT2D eigenvalue weighted by Gasteiger charge is -2.12. The average molecular weight is 357 g/mol. The van der Waals surface area contributed by atoms with E-state index in [9.17, 15) is 14.0 Å². The van der Waals surface area contributed by atoms with Gasteiger partial charge in [0.2, 0.25) is 6.79 Å². The maximum Gasteiger partial charge on any atom is 0.331 e. The van der Waals surface area contributed by atoms with Gasteiger partial charge in [0.05, 0.1) is 0 Å². The molecule has 2 aromatic carbocycles. The summed E-state index contributed by atoms with van der Waals surface area (Å²) in [6, 6.07) is 10.7. The minimum absolute atomic E-state index is 0.137. The highest BCUT2D eigenvalue weighted by Gasteiger charge is 2.19. The Hall–Kier alpha value is -3.35. The number of fused-ring (bicyclic) bond motifs is 1. The fraction of sp³-hybridized carbons (Fsp3) is 0.158. The molecule has 1 atom stereocenters. The Morgan fingerprint density at radius 2 is 2.00 bits per heavy atom. The topological polar surface area (TPSA) is 73.9 Å². The molecule has 1 aliphatic rings. The molecule has 0 fully saturated rings. The fourth-order valence-electron chi connectivity index (χ4n) is 2.26. The number of rotatable bonds is 5. The van der Waals surface area contributed by atoms with Gasteiger partial charge in [0.25, 0.3) is 5.91 Å². The van der Waals surface area contributed by atoms with Crippen LogP contribution in [0.25, 0.3) is 6.08 Å². The lowest BCUT2D eigenvalue weighted by molar-refractivity contribution is -0.148. The second-order valence-electron chi connectivity index (χ2n) is 5.52. The molecule has 1 heterocycles. The fourth-order valence-corrected chi connectivity index (χ4v) is 2.26. The average Bonchev–Trinajstić information content (AvgIpc) is 3.07. The molecule has 1 N–H and O–H groups in total. The van der Waals surface area contributed by atoms with Crippen molar-refractivity contribution < 1.29 is 28.2 Å². The van der Waals surface area contributed by atoms with E-state index in [0.717, 1.165) is 6.08 Å². The highest BCUT2D eigenvalue weighted by atomic mass is 19.1. The van der Waals surface area contributed by atoms with Crippen molar-refractivity contribution >= 4 is 23.6 Å². The Bertz CT molecular complexity index is 865. The zero-order chi connectivity index (χ0) is 18.5. The predicted molar refractivity (Wildman–Crippen MR) is 92.2 cm³/mol. The minimum atomic E-state index is -1.01. The first-order valence-corrected chi connectivity index (χ1v) is 7.86. The maximum absolute atomic E-state index is 13.1. The molecule has 6 nitrogen and oxygen atoms in total. The van der Waals surface area contributed by atoms with Gasteiger partial charge in [0, 0.05) is 17.8 Å². The van der Waals surface area contributed by atoms with Gasteiger partial charge in [-0.15, -0.1) is 0 Å². The molecule has 1 aliphatic heterocycles. The Labute approximate surface area is 149 Å². The molecule has 0 radical (unpaired) electrons. The van der Waals surface area contributed by atoms with Crippen molar-refractivity contribution in [2.24, 2.45) is 0 Å². The van der Waals surface area contributed by atoms with Crippen LogP contribution in [-0.2, 0) is 14.3 Å². The number of halogens is 1. The number of benzene rings is 2. The van der Waals surface area contributed by atoms with Crippen LogP contribution in [-0.4, -0.2) is 24.8 Å². The SMILES string of the molecule is C[C@H](OC(=O)/C=C/c1cccc(F)c1)C(=O)Nc1ccc2c(c1)OCO2. The van der Waals surface area contributed by atoms with Crippen LogP contribution in [0, 0.1) is 5.82 Å². The Balaban J connectivity index is 1.54. The van der Waals surface area contributed by atoms with E-state index in [2.05, 4.69) is 5.32 Å². The molecule has 3 rings (SSSR count). The van der Waals surface area contributed by atoms with E-state index in [1.54, 1.807) is 24.3 Å². The Morgan fingerprint density at radius 1 is 1.19 bits per heavy atom. The van der Waals surface area contributed by atoms with Gasteiger partial charge in [0.1, 0.15) is 5.82 Å². The van der Waals surface area contributed by atoms with E-state index in [-0.39, 0.29) is 6.79 Å². The van der Waals surface area contributed by atoms with Crippen LogP contribution >= 0.6 is 0 Å². The number of anilines is 1. The van der Waals surface area contributed by atoms with Crippen molar-refractivity contribution in [1.82, 2.24) is 0 Å². The van der Waals surface area contributed by atoms with Crippen LogP contribution in [0.3, 0.4) is 0 Å². The molecule has 0 aromatic heterocycles. The summed E-state index contributed by atoms with van der Waals surface area (Å²) >= 11 is 0. The van der Waals surface area contributed by atoms with Crippen molar-refractivity contribution in [3.63, 3.8) is 0 Å². The quantitative estimate of drug-likeness (QED) is 0.657. The summed E-state index contributed by atoms with van der Waals surface area (Å²) in [5.74, 6) is -0.466. The van der Waals surface area contributed by atoms with Crippen LogP contribution < -0.4 is 14.8 Å². The van der Waals surface area contributed by atoms with E-state index in [1.807, 2.05) is 0 Å². The summed E-state index contributed by atoms with van der Waals surface area (Å²) in [5, 5.41) is 2.63. The molecule has 0 saturated heterocycles. The van der Waals surface area contributed by atoms with Crippen molar-refractivity contribution in [3.05, 3.63) is 59.9 Å². The van der Waals surface area contributed by atoms with Gasteiger partial charge in [-0.2, -0.15) is 0 Å². The molecule has 134 valence electrons. The highest BCUT2D eigenvalue weighted by Crippen LogP contribution is 2.34. The van der Waals surface area contributed by atoms with E-state index >= 15 is 0 Å². The largest absolute Gasteiger partial charge is 0.454 e. The monoisotopic (exact) mass is 357 g/mol. The van der Waals surface area contributed by atoms with Gasteiger partial charge in [0.15, 0.2) is 17.6 Å².